The molecule has 1 aliphatic carbocycles. The van der Waals surface area contributed by atoms with Gasteiger partial charge in [0, 0.05) is 17.1 Å². The molecule has 1 aliphatic heterocycles. The van der Waals surface area contributed by atoms with E-state index in [1.165, 1.54) is 7.11 Å². The smallest absolute Gasteiger partial charge is 0.308 e. The highest BCUT2D eigenvalue weighted by molar-refractivity contribution is 8.09. The van der Waals surface area contributed by atoms with Gasteiger partial charge in [-0.05, 0) is 75.3 Å². The highest BCUT2D eigenvalue weighted by Crippen LogP contribution is 2.40. The van der Waals surface area contributed by atoms with E-state index in [9.17, 15) is 13.2 Å². The number of carbonyl (C=O) groups excluding carboxylic acids is 1. The number of hydrogen-bond acceptors (Lipinski definition) is 8. The molecule has 2 aromatic rings. The minimum Gasteiger partial charge on any atom is -0.495 e. The highest BCUT2D eigenvalue weighted by atomic mass is 35.5. The van der Waals surface area contributed by atoms with Crippen LogP contribution >= 0.6 is 23.4 Å². The van der Waals surface area contributed by atoms with Crippen LogP contribution in [0.3, 0.4) is 0 Å². The summed E-state index contributed by atoms with van der Waals surface area (Å²) in [6.07, 6.45) is 3.71. The molecule has 38 heavy (non-hydrogen) atoms. The number of methoxy groups -OCH3 is 1. The third-order valence-electron chi connectivity index (χ3n) is 6.82. The van der Waals surface area contributed by atoms with E-state index in [4.69, 9.17) is 21.1 Å². The van der Waals surface area contributed by atoms with E-state index >= 15 is 0 Å². The first-order chi connectivity index (χ1) is 18.2. The predicted molar refractivity (Wildman–Crippen MR) is 152 cm³/mol. The van der Waals surface area contributed by atoms with Crippen LogP contribution in [0, 0.1) is 11.8 Å². The monoisotopic (exact) mass is 579 g/mol. The summed E-state index contributed by atoms with van der Waals surface area (Å²) in [6, 6.07) is 11.8. The zero-order valence-electron chi connectivity index (χ0n) is 21.8. The maximum atomic E-state index is 13.3. The van der Waals surface area contributed by atoms with Crippen molar-refractivity contribution in [1.29, 1.82) is 0 Å². The Labute approximate surface area is 233 Å². The van der Waals surface area contributed by atoms with Gasteiger partial charge in [0.1, 0.15) is 16.1 Å². The number of nitrogens with one attached hydrogen (secondary N) is 3. The van der Waals surface area contributed by atoms with Crippen molar-refractivity contribution in [3.8, 4) is 5.75 Å². The third-order valence-corrected chi connectivity index (χ3v) is 9.83. The lowest BCUT2D eigenvalue weighted by Gasteiger charge is -2.28. The molecule has 8 nitrogen and oxygen atoms in total. The summed E-state index contributed by atoms with van der Waals surface area (Å²) < 4.78 is 39.7. The lowest BCUT2D eigenvalue weighted by Crippen LogP contribution is -2.39. The summed E-state index contributed by atoms with van der Waals surface area (Å²) in [5, 5.41) is 7.35. The molecule has 0 amide bonds. The van der Waals surface area contributed by atoms with Gasteiger partial charge in [-0.2, -0.15) is 0 Å². The molecule has 11 heteroatoms. The first kappa shape index (κ1) is 28.6. The summed E-state index contributed by atoms with van der Waals surface area (Å²) >= 11 is 7.79. The molecular weight excluding hydrogens is 546 g/mol. The molecular formula is C27H34ClN3O5S2. The van der Waals surface area contributed by atoms with Gasteiger partial charge in [-0.3, -0.25) is 14.8 Å². The Morgan fingerprint density at radius 1 is 1.16 bits per heavy atom. The third kappa shape index (κ3) is 6.77. The van der Waals surface area contributed by atoms with Crippen molar-refractivity contribution in [2.45, 2.75) is 49.9 Å². The largest absolute Gasteiger partial charge is 0.495 e. The van der Waals surface area contributed by atoms with Crippen molar-refractivity contribution in [3.63, 3.8) is 0 Å². The molecule has 0 radical (unpaired) electrons. The number of halogens is 1. The number of hydrogen-bond donors (Lipinski definition) is 3. The minimum atomic E-state index is -3.96. The standard InChI is InChI=1S/C27H34ClN3O5S2/c1-4-36-26(32)19-11-9-18(10-12-19)16-29-27-30-17(2)25(37-27)20-13-14-23(35-3)24(15-20)38(33,34)31-22-8-6-5-7-21(22)28/h5-8,13-15,18-19,27,29-31H,4,9-12,16H2,1-3H3. The number of esters is 1. The molecule has 3 N–H and O–H groups in total. The summed E-state index contributed by atoms with van der Waals surface area (Å²) in [4.78, 5) is 13.0. The van der Waals surface area contributed by atoms with E-state index in [0.717, 1.165) is 48.4 Å². The quantitative estimate of drug-likeness (QED) is 0.321. The lowest BCUT2D eigenvalue weighted by molar-refractivity contribution is -0.149. The van der Waals surface area contributed by atoms with Gasteiger partial charge in [0.05, 0.1) is 30.3 Å². The van der Waals surface area contributed by atoms with Crippen molar-refractivity contribution in [2.75, 3.05) is 25.0 Å². The van der Waals surface area contributed by atoms with Crippen LogP contribution in [0.15, 0.2) is 53.1 Å². The summed E-state index contributed by atoms with van der Waals surface area (Å²) in [5.74, 6) is 0.699. The Balaban J connectivity index is 1.40. The molecule has 1 heterocycles. The second-order valence-electron chi connectivity index (χ2n) is 9.43. The molecule has 1 saturated carbocycles. The molecule has 0 saturated heterocycles. The van der Waals surface area contributed by atoms with Gasteiger partial charge in [-0.25, -0.2) is 8.42 Å². The predicted octanol–water partition coefficient (Wildman–Crippen LogP) is 5.42. The van der Waals surface area contributed by atoms with Crippen LogP contribution in [-0.4, -0.2) is 40.1 Å². The Morgan fingerprint density at radius 2 is 1.89 bits per heavy atom. The van der Waals surface area contributed by atoms with E-state index in [-0.39, 0.29) is 28.0 Å². The van der Waals surface area contributed by atoms with Gasteiger partial charge in [-0.1, -0.05) is 41.6 Å². The maximum Gasteiger partial charge on any atom is 0.308 e. The van der Waals surface area contributed by atoms with Gasteiger partial charge in [-0.15, -0.1) is 0 Å². The molecule has 206 valence electrons. The van der Waals surface area contributed by atoms with E-state index < -0.39 is 10.0 Å². The highest BCUT2D eigenvalue weighted by Gasteiger charge is 2.30. The zero-order chi connectivity index (χ0) is 27.3. The Bertz CT molecular complexity index is 1290. The van der Waals surface area contributed by atoms with Crippen LogP contribution in [0.1, 0.15) is 45.1 Å². The van der Waals surface area contributed by atoms with Gasteiger partial charge in [0.25, 0.3) is 10.0 Å². The molecule has 4 rings (SSSR count). The molecule has 1 unspecified atom stereocenters. The van der Waals surface area contributed by atoms with Crippen LogP contribution in [0.4, 0.5) is 5.69 Å². The van der Waals surface area contributed by atoms with Crippen molar-refractivity contribution in [2.24, 2.45) is 11.8 Å². The Morgan fingerprint density at radius 3 is 2.58 bits per heavy atom. The van der Waals surface area contributed by atoms with Gasteiger partial charge in [0.15, 0.2) is 0 Å². The Hall–Kier alpha value is -2.40. The van der Waals surface area contributed by atoms with Crippen molar-refractivity contribution in [1.82, 2.24) is 10.6 Å². The summed E-state index contributed by atoms with van der Waals surface area (Å²) in [7, 11) is -2.52. The first-order valence-electron chi connectivity index (χ1n) is 12.7. The van der Waals surface area contributed by atoms with Gasteiger partial charge >= 0.3 is 5.97 Å². The second-order valence-corrected chi connectivity index (χ2v) is 12.6. The summed E-state index contributed by atoms with van der Waals surface area (Å²) in [5.41, 5.74) is 2.01. The van der Waals surface area contributed by atoms with Gasteiger partial charge < -0.3 is 14.8 Å². The average Bonchev–Trinajstić information content (AvgIpc) is 3.29. The van der Waals surface area contributed by atoms with Crippen LogP contribution in [-0.2, 0) is 19.6 Å². The topological polar surface area (TPSA) is 106 Å². The van der Waals surface area contributed by atoms with E-state index in [2.05, 4.69) is 15.4 Å². The minimum absolute atomic E-state index is 0.0219. The normalized spacial score (nSPS) is 21.6. The zero-order valence-corrected chi connectivity index (χ0v) is 24.1. The number of allylic oxidation sites excluding steroid dienone is 1. The fourth-order valence-corrected chi connectivity index (χ4v) is 7.45. The number of para-hydroxylation sites is 1. The molecule has 0 bridgehead atoms. The van der Waals surface area contributed by atoms with Crippen molar-refractivity contribution in [3.05, 3.63) is 58.7 Å². The molecule has 0 aromatic heterocycles. The van der Waals surface area contributed by atoms with Crippen molar-refractivity contribution >= 4 is 49.9 Å². The number of thioether (sulfide) groups is 1. The molecule has 2 aromatic carbocycles. The molecule has 1 fully saturated rings. The van der Waals surface area contributed by atoms with E-state index in [0.29, 0.717) is 23.2 Å². The van der Waals surface area contributed by atoms with Crippen LogP contribution in [0.25, 0.3) is 4.91 Å². The van der Waals surface area contributed by atoms with Crippen LogP contribution in [0.2, 0.25) is 5.02 Å². The number of benzene rings is 2. The van der Waals surface area contributed by atoms with Crippen molar-refractivity contribution < 1.29 is 22.7 Å². The lowest BCUT2D eigenvalue weighted by atomic mass is 9.82. The second kappa shape index (κ2) is 12.6. The number of carbonyl (C=O) groups is 1. The number of ether oxygens (including phenoxy) is 2. The first-order valence-corrected chi connectivity index (χ1v) is 15.5. The van der Waals surface area contributed by atoms with Gasteiger partial charge in [0.2, 0.25) is 0 Å². The van der Waals surface area contributed by atoms with Crippen LogP contribution < -0.4 is 20.1 Å². The van der Waals surface area contributed by atoms with E-state index in [1.54, 1.807) is 48.2 Å². The number of sulfonamides is 1. The average molecular weight is 580 g/mol. The van der Waals surface area contributed by atoms with E-state index in [1.807, 2.05) is 19.9 Å². The fraction of sp³-hybridized carbons (Fsp3) is 0.444. The maximum absolute atomic E-state index is 13.3. The molecule has 0 spiro atoms. The Kier molecular flexibility index (Phi) is 9.51. The fourth-order valence-electron chi connectivity index (χ4n) is 4.78. The van der Waals surface area contributed by atoms with Crippen LogP contribution in [0.5, 0.6) is 5.75 Å². The summed E-state index contributed by atoms with van der Waals surface area (Å²) in [6.45, 7) is 5.09. The SMILES string of the molecule is CCOC(=O)C1CCC(CNC2NC(C)=C(c3ccc(OC)c(S(=O)(=O)Nc4ccccc4Cl)c3)S2)CC1. The molecule has 2 aliphatic rings. The number of anilines is 1. The molecule has 1 atom stereocenters. The number of rotatable bonds is 10.